The third kappa shape index (κ3) is 13.9. The van der Waals surface area contributed by atoms with E-state index in [-0.39, 0.29) is 0 Å². The van der Waals surface area contributed by atoms with E-state index in [0.29, 0.717) is 6.61 Å². The van der Waals surface area contributed by atoms with Crippen molar-refractivity contribution in [2.24, 2.45) is 4.99 Å². The highest BCUT2D eigenvalue weighted by Gasteiger charge is 2.12. The number of allylic oxidation sites excluding steroid dienone is 1. The second-order valence-electron chi connectivity index (χ2n) is 8.09. The molecule has 0 unspecified atom stereocenters. The van der Waals surface area contributed by atoms with Crippen LogP contribution < -0.4 is 0 Å². The van der Waals surface area contributed by atoms with Gasteiger partial charge in [0.05, 0.1) is 6.54 Å². The first-order valence-corrected chi connectivity index (χ1v) is 11.9. The fraction of sp³-hybridized carbons (Fsp3) is 0.875. The van der Waals surface area contributed by atoms with Crippen molar-refractivity contribution in [1.29, 1.82) is 0 Å². The number of rotatable bonds is 19. The summed E-state index contributed by atoms with van der Waals surface area (Å²) in [6.07, 6.45) is 26.1. The predicted molar refractivity (Wildman–Crippen MR) is 120 cm³/mol. The summed E-state index contributed by atoms with van der Waals surface area (Å²) in [7, 11) is 0. The van der Waals surface area contributed by atoms with Crippen LogP contribution in [-0.2, 0) is 0 Å². The second kappa shape index (κ2) is 18.5. The Bertz CT molecular complexity index is 379. The molecule has 0 atom stereocenters. The molecule has 0 saturated heterocycles. The van der Waals surface area contributed by atoms with Gasteiger partial charge in [0.15, 0.2) is 0 Å². The molecule has 0 aromatic rings. The molecule has 0 spiro atoms. The summed E-state index contributed by atoms with van der Waals surface area (Å²) < 4.78 is 0. The fourth-order valence-electron chi connectivity index (χ4n) is 3.77. The van der Waals surface area contributed by atoms with Crippen LogP contribution in [0, 0.1) is 0 Å². The molecule has 158 valence electrons. The van der Waals surface area contributed by atoms with Crippen LogP contribution in [0.4, 0.5) is 0 Å². The van der Waals surface area contributed by atoms with Gasteiger partial charge in [-0.05, 0) is 31.8 Å². The minimum atomic E-state index is 0.301. The molecule has 1 heterocycles. The number of aliphatic hydroxyl groups is 1. The van der Waals surface area contributed by atoms with Gasteiger partial charge in [0.2, 0.25) is 0 Å². The zero-order valence-corrected chi connectivity index (χ0v) is 18.1. The number of unbranched alkanes of at least 4 members (excludes halogenated alkanes) is 14. The molecule has 0 aromatic carbocycles. The standard InChI is InChI=1S/C24H46N2O/c1-2-3-4-5-6-7-8-9-10-11-12-13-14-15-16-19-24-25-20-22-26(24)21-17-18-23-27/h16,19,27H,2-15,17-18,20-23H2,1H3. The molecule has 0 amide bonds. The predicted octanol–water partition coefficient (Wildman–Crippen LogP) is 6.51. The number of hydrogen-bond acceptors (Lipinski definition) is 3. The van der Waals surface area contributed by atoms with E-state index in [4.69, 9.17) is 5.11 Å². The Balaban J connectivity index is 1.86. The van der Waals surface area contributed by atoms with Gasteiger partial charge in [-0.3, -0.25) is 4.99 Å². The van der Waals surface area contributed by atoms with E-state index in [1.807, 2.05) is 0 Å². The van der Waals surface area contributed by atoms with Gasteiger partial charge in [-0.2, -0.15) is 0 Å². The Morgan fingerprint density at radius 3 is 2.00 bits per heavy atom. The van der Waals surface area contributed by atoms with E-state index < -0.39 is 0 Å². The molecular formula is C24H46N2O. The molecule has 0 bridgehead atoms. The normalized spacial score (nSPS) is 14.4. The van der Waals surface area contributed by atoms with Crippen molar-refractivity contribution >= 4 is 5.84 Å². The first-order valence-electron chi connectivity index (χ1n) is 11.9. The molecule has 0 saturated carbocycles. The van der Waals surface area contributed by atoms with Crippen LogP contribution in [0.5, 0.6) is 0 Å². The zero-order valence-electron chi connectivity index (χ0n) is 18.1. The van der Waals surface area contributed by atoms with Gasteiger partial charge in [0.25, 0.3) is 0 Å². The third-order valence-corrected chi connectivity index (χ3v) is 5.55. The van der Waals surface area contributed by atoms with E-state index in [2.05, 4.69) is 29.0 Å². The maximum Gasteiger partial charge on any atom is 0.123 e. The molecule has 0 fully saturated rings. The highest BCUT2D eigenvalue weighted by molar-refractivity contribution is 5.94. The van der Waals surface area contributed by atoms with Gasteiger partial charge in [0.1, 0.15) is 5.84 Å². The molecule has 1 N–H and O–H groups in total. The molecule has 3 heteroatoms. The number of amidine groups is 1. The van der Waals surface area contributed by atoms with Crippen LogP contribution in [0.2, 0.25) is 0 Å². The van der Waals surface area contributed by atoms with Gasteiger partial charge < -0.3 is 10.0 Å². The summed E-state index contributed by atoms with van der Waals surface area (Å²) in [5.74, 6) is 1.16. The van der Waals surface area contributed by atoms with Crippen LogP contribution in [0.1, 0.15) is 110 Å². The van der Waals surface area contributed by atoms with Gasteiger partial charge in [-0.1, -0.05) is 90.0 Å². The van der Waals surface area contributed by atoms with Crippen LogP contribution in [0.15, 0.2) is 17.1 Å². The average molecular weight is 379 g/mol. The molecule has 1 aliphatic heterocycles. The van der Waals surface area contributed by atoms with Crippen molar-refractivity contribution in [3.05, 3.63) is 12.2 Å². The molecule has 0 aliphatic carbocycles. The van der Waals surface area contributed by atoms with Crippen molar-refractivity contribution < 1.29 is 5.11 Å². The Labute approximate surface area is 169 Å². The molecular weight excluding hydrogens is 332 g/mol. The Hall–Kier alpha value is -0.830. The van der Waals surface area contributed by atoms with Crippen LogP contribution >= 0.6 is 0 Å². The molecule has 1 rings (SSSR count). The third-order valence-electron chi connectivity index (χ3n) is 5.55. The summed E-state index contributed by atoms with van der Waals surface area (Å²) in [5.41, 5.74) is 0. The SMILES string of the molecule is CCCCCCCCCCCCCCCC=CC1=NCCN1CCCCO. The van der Waals surface area contributed by atoms with Gasteiger partial charge >= 0.3 is 0 Å². The van der Waals surface area contributed by atoms with Crippen molar-refractivity contribution in [3.63, 3.8) is 0 Å². The lowest BCUT2D eigenvalue weighted by molar-refractivity contribution is 0.277. The lowest BCUT2D eigenvalue weighted by Gasteiger charge is -2.17. The summed E-state index contributed by atoms with van der Waals surface area (Å²) in [6, 6.07) is 0. The Morgan fingerprint density at radius 2 is 1.41 bits per heavy atom. The number of aliphatic hydroxyl groups excluding tert-OH is 1. The molecule has 27 heavy (non-hydrogen) atoms. The smallest absolute Gasteiger partial charge is 0.123 e. The molecule has 3 nitrogen and oxygen atoms in total. The zero-order chi connectivity index (χ0) is 19.4. The van der Waals surface area contributed by atoms with E-state index in [9.17, 15) is 0 Å². The van der Waals surface area contributed by atoms with Crippen molar-refractivity contribution in [1.82, 2.24) is 4.90 Å². The monoisotopic (exact) mass is 378 g/mol. The lowest BCUT2D eigenvalue weighted by Crippen LogP contribution is -2.27. The van der Waals surface area contributed by atoms with E-state index in [1.54, 1.807) is 0 Å². The van der Waals surface area contributed by atoms with Crippen LogP contribution in [0.25, 0.3) is 0 Å². The maximum absolute atomic E-state index is 8.90. The highest BCUT2D eigenvalue weighted by atomic mass is 16.2. The van der Waals surface area contributed by atoms with E-state index in [0.717, 1.165) is 38.3 Å². The largest absolute Gasteiger partial charge is 0.396 e. The summed E-state index contributed by atoms with van der Waals surface area (Å²) in [5, 5.41) is 8.90. The summed E-state index contributed by atoms with van der Waals surface area (Å²) in [4.78, 5) is 6.95. The molecule has 0 aromatic heterocycles. The highest BCUT2D eigenvalue weighted by Crippen LogP contribution is 2.13. The Morgan fingerprint density at radius 1 is 0.815 bits per heavy atom. The number of aliphatic imine (C=N–C) groups is 1. The van der Waals surface area contributed by atoms with Crippen LogP contribution in [0.3, 0.4) is 0 Å². The van der Waals surface area contributed by atoms with Gasteiger partial charge in [0, 0.05) is 19.7 Å². The summed E-state index contributed by atoms with van der Waals surface area (Å²) in [6.45, 7) is 5.59. The van der Waals surface area contributed by atoms with Gasteiger partial charge in [-0.25, -0.2) is 0 Å². The quantitative estimate of drug-likeness (QED) is 0.260. The number of hydrogen-bond donors (Lipinski definition) is 1. The minimum Gasteiger partial charge on any atom is -0.396 e. The van der Waals surface area contributed by atoms with Gasteiger partial charge in [-0.15, -0.1) is 0 Å². The number of nitrogens with zero attached hydrogens (tertiary/aromatic N) is 2. The molecule has 0 radical (unpaired) electrons. The fourth-order valence-corrected chi connectivity index (χ4v) is 3.77. The average Bonchev–Trinajstić information content (AvgIpc) is 3.12. The maximum atomic E-state index is 8.90. The van der Waals surface area contributed by atoms with E-state index >= 15 is 0 Å². The van der Waals surface area contributed by atoms with Crippen molar-refractivity contribution in [2.45, 2.75) is 110 Å². The van der Waals surface area contributed by atoms with Crippen LogP contribution in [-0.4, -0.2) is 42.1 Å². The topological polar surface area (TPSA) is 35.8 Å². The van der Waals surface area contributed by atoms with Crippen molar-refractivity contribution in [3.8, 4) is 0 Å². The van der Waals surface area contributed by atoms with Crippen molar-refractivity contribution in [2.75, 3.05) is 26.2 Å². The Kier molecular flexibility index (Phi) is 16.6. The minimum absolute atomic E-state index is 0.301. The van der Waals surface area contributed by atoms with E-state index in [1.165, 1.54) is 89.9 Å². The first kappa shape index (κ1) is 24.2. The first-order chi connectivity index (χ1) is 13.4. The second-order valence-corrected chi connectivity index (χ2v) is 8.09. The molecule has 1 aliphatic rings. The summed E-state index contributed by atoms with van der Waals surface area (Å²) >= 11 is 0. The lowest BCUT2D eigenvalue weighted by atomic mass is 10.0.